The normalized spacial score (nSPS) is 19.4. The minimum Gasteiger partial charge on any atom is -0.363 e. The number of aryl methyl sites for hydroxylation is 1. The number of alkyl halides is 1. The van der Waals surface area contributed by atoms with Gasteiger partial charge in [0, 0.05) is 43.7 Å². The highest BCUT2D eigenvalue weighted by molar-refractivity contribution is 5.67. The van der Waals surface area contributed by atoms with Gasteiger partial charge in [-0.2, -0.15) is 5.10 Å². The summed E-state index contributed by atoms with van der Waals surface area (Å²) < 4.78 is 17.7. The molecule has 1 fully saturated rings. The lowest BCUT2D eigenvalue weighted by Crippen LogP contribution is -2.29. The molecule has 4 aromatic rings. The number of hydrogen-bond donors (Lipinski definition) is 2. The molecule has 5 rings (SSSR count). The summed E-state index contributed by atoms with van der Waals surface area (Å²) in [5.74, 6) is 0.659. The van der Waals surface area contributed by atoms with E-state index in [1.165, 1.54) is 0 Å². The van der Waals surface area contributed by atoms with Gasteiger partial charge >= 0.3 is 0 Å². The SMILES string of the molecule is Cn1cc(-c2ccc3ncc(-c4cccc(N[C@@H]5CNC[C@@H]5F)n4)n3c2)cn1. The van der Waals surface area contributed by atoms with E-state index in [1.807, 2.05) is 66.6 Å². The lowest BCUT2D eigenvalue weighted by Gasteiger charge is -2.15. The highest BCUT2D eigenvalue weighted by Gasteiger charge is 2.26. The van der Waals surface area contributed by atoms with Crippen LogP contribution in [0.15, 0.2) is 55.1 Å². The number of fused-ring (bicyclic) bond motifs is 1. The average molecular weight is 377 g/mol. The first kappa shape index (κ1) is 16.9. The van der Waals surface area contributed by atoms with Gasteiger partial charge in [-0.1, -0.05) is 6.07 Å². The van der Waals surface area contributed by atoms with Crippen LogP contribution in [0.5, 0.6) is 0 Å². The standard InChI is InChI=1S/C20H20FN7/c1-27-11-14(7-24-27)13-5-6-20-23-10-18(28(20)12-13)16-3-2-4-19(25-16)26-17-9-22-8-15(17)21/h2-7,10-12,15,17,22H,8-9H2,1H3,(H,25,26)/t15-,17+/m0/s1. The topological polar surface area (TPSA) is 72.1 Å². The summed E-state index contributed by atoms with van der Waals surface area (Å²) in [6.45, 7) is 0.971. The van der Waals surface area contributed by atoms with Gasteiger partial charge in [0.05, 0.1) is 29.8 Å². The second-order valence-electron chi connectivity index (χ2n) is 7.03. The van der Waals surface area contributed by atoms with E-state index in [-0.39, 0.29) is 6.04 Å². The Hall–Kier alpha value is -3.26. The van der Waals surface area contributed by atoms with E-state index in [0.29, 0.717) is 18.9 Å². The van der Waals surface area contributed by atoms with Crippen molar-refractivity contribution >= 4 is 11.5 Å². The number of halogens is 1. The van der Waals surface area contributed by atoms with Gasteiger partial charge in [-0.15, -0.1) is 0 Å². The van der Waals surface area contributed by atoms with Gasteiger partial charge in [-0.05, 0) is 24.3 Å². The van der Waals surface area contributed by atoms with Gasteiger partial charge < -0.3 is 10.6 Å². The molecule has 0 bridgehead atoms. The molecule has 7 nitrogen and oxygen atoms in total. The van der Waals surface area contributed by atoms with Crippen molar-refractivity contribution in [2.24, 2.45) is 7.05 Å². The van der Waals surface area contributed by atoms with Crippen molar-refractivity contribution in [3.05, 3.63) is 55.1 Å². The summed E-state index contributed by atoms with van der Waals surface area (Å²) >= 11 is 0. The largest absolute Gasteiger partial charge is 0.363 e. The van der Waals surface area contributed by atoms with Crippen molar-refractivity contribution in [3.63, 3.8) is 0 Å². The van der Waals surface area contributed by atoms with Crippen LogP contribution in [-0.2, 0) is 7.05 Å². The Bertz CT molecular complexity index is 1130. The first-order chi connectivity index (χ1) is 13.7. The summed E-state index contributed by atoms with van der Waals surface area (Å²) in [5, 5.41) is 10.5. The minimum atomic E-state index is -0.914. The van der Waals surface area contributed by atoms with E-state index in [4.69, 9.17) is 0 Å². The van der Waals surface area contributed by atoms with Crippen LogP contribution in [0.25, 0.3) is 28.2 Å². The first-order valence-electron chi connectivity index (χ1n) is 9.22. The Morgan fingerprint density at radius 3 is 2.82 bits per heavy atom. The monoisotopic (exact) mass is 377 g/mol. The van der Waals surface area contributed by atoms with Crippen LogP contribution < -0.4 is 10.6 Å². The highest BCUT2D eigenvalue weighted by Crippen LogP contribution is 2.25. The number of imidazole rings is 1. The van der Waals surface area contributed by atoms with Crippen LogP contribution in [0.3, 0.4) is 0 Å². The number of hydrogen-bond acceptors (Lipinski definition) is 5. The maximum Gasteiger partial charge on any atom is 0.137 e. The molecule has 28 heavy (non-hydrogen) atoms. The van der Waals surface area contributed by atoms with Crippen molar-refractivity contribution in [1.82, 2.24) is 29.5 Å². The average Bonchev–Trinajstić information content (AvgIpc) is 3.42. The predicted molar refractivity (Wildman–Crippen MR) is 106 cm³/mol. The third-order valence-electron chi connectivity index (χ3n) is 5.03. The molecular formula is C20H20FN7. The van der Waals surface area contributed by atoms with E-state index < -0.39 is 6.17 Å². The summed E-state index contributed by atoms with van der Waals surface area (Å²) in [6.07, 6.45) is 6.74. The van der Waals surface area contributed by atoms with Gasteiger partial charge in [0.15, 0.2) is 0 Å². The molecule has 5 heterocycles. The van der Waals surface area contributed by atoms with Crippen LogP contribution in [0, 0.1) is 0 Å². The smallest absolute Gasteiger partial charge is 0.137 e. The van der Waals surface area contributed by atoms with Gasteiger partial charge in [0.1, 0.15) is 17.6 Å². The Labute approximate surface area is 161 Å². The number of anilines is 1. The number of nitrogens with zero attached hydrogens (tertiary/aromatic N) is 5. The fourth-order valence-corrected chi connectivity index (χ4v) is 3.55. The first-order valence-corrected chi connectivity index (χ1v) is 9.22. The number of aromatic nitrogens is 5. The second kappa shape index (κ2) is 6.72. The molecule has 4 aromatic heterocycles. The van der Waals surface area contributed by atoms with E-state index >= 15 is 0 Å². The molecule has 1 saturated heterocycles. The summed E-state index contributed by atoms with van der Waals surface area (Å²) in [5.41, 5.74) is 4.58. The van der Waals surface area contributed by atoms with E-state index in [2.05, 4.69) is 25.7 Å². The maximum absolute atomic E-state index is 13.9. The van der Waals surface area contributed by atoms with Crippen LogP contribution in [0.4, 0.5) is 10.2 Å². The van der Waals surface area contributed by atoms with Crippen LogP contribution in [0.2, 0.25) is 0 Å². The Kier molecular flexibility index (Phi) is 4.05. The van der Waals surface area contributed by atoms with Crippen molar-refractivity contribution in [2.75, 3.05) is 18.4 Å². The molecule has 1 aliphatic heterocycles. The molecule has 2 N–H and O–H groups in total. The van der Waals surface area contributed by atoms with E-state index in [1.54, 1.807) is 4.68 Å². The Balaban J connectivity index is 1.51. The second-order valence-corrected chi connectivity index (χ2v) is 7.03. The molecule has 8 heteroatoms. The molecule has 0 unspecified atom stereocenters. The van der Waals surface area contributed by atoms with Crippen molar-refractivity contribution in [1.29, 1.82) is 0 Å². The van der Waals surface area contributed by atoms with Crippen molar-refractivity contribution < 1.29 is 4.39 Å². The number of pyridine rings is 2. The van der Waals surface area contributed by atoms with E-state index in [9.17, 15) is 4.39 Å². The highest BCUT2D eigenvalue weighted by atomic mass is 19.1. The molecule has 0 amide bonds. The molecule has 0 radical (unpaired) electrons. The zero-order chi connectivity index (χ0) is 19.1. The molecule has 0 aromatic carbocycles. The van der Waals surface area contributed by atoms with E-state index in [0.717, 1.165) is 28.2 Å². The summed E-state index contributed by atoms with van der Waals surface area (Å²) in [4.78, 5) is 9.18. The lowest BCUT2D eigenvalue weighted by atomic mass is 10.1. The number of nitrogens with one attached hydrogen (secondary N) is 2. The Morgan fingerprint density at radius 1 is 1.11 bits per heavy atom. The number of rotatable bonds is 4. The fourth-order valence-electron chi connectivity index (χ4n) is 3.55. The summed E-state index contributed by atoms with van der Waals surface area (Å²) in [6, 6.07) is 9.46. The quantitative estimate of drug-likeness (QED) is 0.572. The minimum absolute atomic E-state index is 0.262. The van der Waals surface area contributed by atoms with Crippen LogP contribution in [-0.4, -0.2) is 49.5 Å². The third kappa shape index (κ3) is 3.01. The molecule has 0 spiro atoms. The predicted octanol–water partition coefficient (Wildman–Crippen LogP) is 2.52. The van der Waals surface area contributed by atoms with Gasteiger partial charge in [-0.25, -0.2) is 14.4 Å². The maximum atomic E-state index is 13.9. The van der Waals surface area contributed by atoms with Crippen LogP contribution in [0.1, 0.15) is 0 Å². The zero-order valence-corrected chi connectivity index (χ0v) is 15.4. The molecule has 142 valence electrons. The van der Waals surface area contributed by atoms with Gasteiger partial charge in [0.2, 0.25) is 0 Å². The molecular weight excluding hydrogens is 357 g/mol. The molecule has 0 saturated carbocycles. The lowest BCUT2D eigenvalue weighted by molar-refractivity contribution is 0.342. The van der Waals surface area contributed by atoms with Gasteiger partial charge in [-0.3, -0.25) is 9.08 Å². The molecule has 2 atom stereocenters. The van der Waals surface area contributed by atoms with Gasteiger partial charge in [0.25, 0.3) is 0 Å². The molecule has 1 aliphatic rings. The zero-order valence-electron chi connectivity index (χ0n) is 15.4. The third-order valence-corrected chi connectivity index (χ3v) is 5.03. The van der Waals surface area contributed by atoms with Crippen LogP contribution >= 0.6 is 0 Å². The Morgan fingerprint density at radius 2 is 2.04 bits per heavy atom. The fraction of sp³-hybridized carbons (Fsp3) is 0.250. The van der Waals surface area contributed by atoms with Crippen molar-refractivity contribution in [3.8, 4) is 22.5 Å². The van der Waals surface area contributed by atoms with Crippen molar-refractivity contribution in [2.45, 2.75) is 12.2 Å². The summed E-state index contributed by atoms with van der Waals surface area (Å²) in [7, 11) is 1.90. The molecule has 0 aliphatic carbocycles.